The van der Waals surface area contributed by atoms with E-state index in [4.69, 9.17) is 23.2 Å². The zero-order valence-corrected chi connectivity index (χ0v) is 19.1. The van der Waals surface area contributed by atoms with Crippen LogP contribution in [-0.4, -0.2) is 33.8 Å². The molecule has 2 aromatic rings. The van der Waals surface area contributed by atoms with Gasteiger partial charge in [0.15, 0.2) is 5.78 Å². The number of pyridine rings is 1. The van der Waals surface area contributed by atoms with Crippen LogP contribution in [0.2, 0.25) is 10.0 Å². The second-order valence-electron chi connectivity index (χ2n) is 7.87. The van der Waals surface area contributed by atoms with E-state index in [2.05, 4.69) is 15.6 Å². The Hall–Kier alpha value is -2.90. The van der Waals surface area contributed by atoms with E-state index in [1.165, 1.54) is 18.5 Å². The summed E-state index contributed by atoms with van der Waals surface area (Å²) in [6.45, 7) is 3.82. The number of rotatable bonds is 9. The van der Waals surface area contributed by atoms with Crippen LogP contribution in [0.15, 0.2) is 48.4 Å². The Kier molecular flexibility index (Phi) is 7.21. The Morgan fingerprint density at radius 1 is 1.16 bits per heavy atom. The number of aromatic nitrogens is 1. The van der Waals surface area contributed by atoms with Gasteiger partial charge >= 0.3 is 5.97 Å². The summed E-state index contributed by atoms with van der Waals surface area (Å²) in [4.78, 5) is 40.1. The van der Waals surface area contributed by atoms with Crippen LogP contribution in [0.25, 0.3) is 0 Å². The van der Waals surface area contributed by atoms with Crippen LogP contribution in [0.3, 0.4) is 0 Å². The lowest BCUT2D eigenvalue weighted by atomic mass is 9.69. The third kappa shape index (κ3) is 4.95. The van der Waals surface area contributed by atoms with Crippen LogP contribution >= 0.6 is 23.2 Å². The topological polar surface area (TPSA) is 108 Å². The molecule has 32 heavy (non-hydrogen) atoms. The van der Waals surface area contributed by atoms with Crippen LogP contribution in [0.1, 0.15) is 42.6 Å². The second kappa shape index (κ2) is 9.71. The Labute approximate surface area is 195 Å². The Morgan fingerprint density at radius 2 is 1.78 bits per heavy atom. The van der Waals surface area contributed by atoms with E-state index in [1.54, 1.807) is 24.3 Å². The summed E-state index contributed by atoms with van der Waals surface area (Å²) in [6, 6.07) is 5.91. The number of halogens is 2. The molecule has 1 aromatic carbocycles. The van der Waals surface area contributed by atoms with Crippen molar-refractivity contribution in [3.05, 3.63) is 69.6 Å². The summed E-state index contributed by atoms with van der Waals surface area (Å²) in [5.74, 6) is -1.47. The molecule has 1 heterocycles. The van der Waals surface area contributed by atoms with Crippen molar-refractivity contribution < 1.29 is 19.5 Å². The molecule has 0 saturated heterocycles. The summed E-state index contributed by atoms with van der Waals surface area (Å²) in [7, 11) is 0. The van der Waals surface area contributed by atoms with Crippen molar-refractivity contribution >= 4 is 46.5 Å². The number of carboxylic acids is 1. The van der Waals surface area contributed by atoms with E-state index in [0.29, 0.717) is 17.8 Å². The Bertz CT molecular complexity index is 1060. The molecule has 0 fully saturated rings. The fourth-order valence-corrected chi connectivity index (χ4v) is 4.17. The summed E-state index contributed by atoms with van der Waals surface area (Å²) < 4.78 is 0. The van der Waals surface area contributed by atoms with Crippen LogP contribution in [-0.2, 0) is 16.0 Å². The first-order valence-electron chi connectivity index (χ1n) is 10.1. The lowest BCUT2D eigenvalue weighted by molar-refractivity contribution is -0.139. The molecule has 1 aliphatic rings. The number of allylic oxidation sites excluding steroid dienone is 2. The molecule has 0 aliphatic heterocycles. The highest BCUT2D eigenvalue weighted by Gasteiger charge is 2.44. The lowest BCUT2D eigenvalue weighted by Gasteiger charge is -2.38. The van der Waals surface area contributed by atoms with Gasteiger partial charge in [0.1, 0.15) is 6.04 Å². The molecule has 7 nitrogen and oxygen atoms in total. The van der Waals surface area contributed by atoms with E-state index in [9.17, 15) is 19.5 Å². The fourth-order valence-electron chi connectivity index (χ4n) is 3.63. The van der Waals surface area contributed by atoms with Gasteiger partial charge in [-0.05, 0) is 31.0 Å². The third-order valence-electron chi connectivity index (χ3n) is 5.52. The first-order chi connectivity index (χ1) is 15.2. The maximum atomic E-state index is 12.5. The number of anilines is 1. The van der Waals surface area contributed by atoms with Gasteiger partial charge in [-0.15, -0.1) is 0 Å². The number of carbonyl (C=O) groups is 3. The van der Waals surface area contributed by atoms with Crippen molar-refractivity contribution in [1.82, 2.24) is 10.3 Å². The predicted octanol–water partition coefficient (Wildman–Crippen LogP) is 4.50. The standard InChI is InChI=1S/C23H23Cl2N3O4/c1-3-8-23(2)18(10-19(23)29)28-17(22(31)32)9-13-4-6-14(7-5-13)27-21(30)20-15(24)11-26-12-16(20)25/h4-7,10-12,17,28H,3,8-9H2,1-2H3,(H,27,30)(H,31,32)/t17-,23+/m0/s1. The molecular weight excluding hydrogens is 453 g/mol. The molecule has 3 N–H and O–H groups in total. The lowest BCUT2D eigenvalue weighted by Crippen LogP contribution is -2.49. The monoisotopic (exact) mass is 475 g/mol. The third-order valence-corrected chi connectivity index (χ3v) is 6.10. The molecule has 9 heteroatoms. The van der Waals surface area contributed by atoms with Crippen molar-refractivity contribution in [2.75, 3.05) is 5.32 Å². The van der Waals surface area contributed by atoms with E-state index >= 15 is 0 Å². The highest BCUT2D eigenvalue weighted by molar-refractivity contribution is 6.40. The zero-order valence-electron chi connectivity index (χ0n) is 17.6. The maximum Gasteiger partial charge on any atom is 0.326 e. The first-order valence-corrected chi connectivity index (χ1v) is 10.9. The quantitative estimate of drug-likeness (QED) is 0.492. The van der Waals surface area contributed by atoms with Gasteiger partial charge in [0.25, 0.3) is 5.91 Å². The van der Waals surface area contributed by atoms with Gasteiger partial charge in [-0.3, -0.25) is 14.6 Å². The van der Waals surface area contributed by atoms with Crippen molar-refractivity contribution in [2.24, 2.45) is 5.41 Å². The minimum atomic E-state index is -1.01. The van der Waals surface area contributed by atoms with E-state index in [-0.39, 0.29) is 27.8 Å². The van der Waals surface area contributed by atoms with Crippen molar-refractivity contribution in [3.63, 3.8) is 0 Å². The largest absolute Gasteiger partial charge is 0.480 e. The number of benzene rings is 1. The molecule has 2 atom stereocenters. The molecule has 0 unspecified atom stereocenters. The summed E-state index contributed by atoms with van der Waals surface area (Å²) in [5.41, 5.74) is 1.40. The van der Waals surface area contributed by atoms with E-state index in [1.807, 2.05) is 13.8 Å². The number of hydrogen-bond acceptors (Lipinski definition) is 5. The predicted molar refractivity (Wildman–Crippen MR) is 123 cm³/mol. The smallest absolute Gasteiger partial charge is 0.326 e. The van der Waals surface area contributed by atoms with Crippen molar-refractivity contribution in [1.29, 1.82) is 0 Å². The van der Waals surface area contributed by atoms with Gasteiger partial charge in [-0.1, -0.05) is 48.7 Å². The second-order valence-corrected chi connectivity index (χ2v) is 8.69. The van der Waals surface area contributed by atoms with E-state index in [0.717, 1.165) is 12.0 Å². The van der Waals surface area contributed by atoms with E-state index < -0.39 is 23.3 Å². The van der Waals surface area contributed by atoms with Crippen molar-refractivity contribution in [3.8, 4) is 0 Å². The van der Waals surface area contributed by atoms with Gasteiger partial charge in [0.05, 0.1) is 21.0 Å². The molecule has 0 radical (unpaired) electrons. The van der Waals surface area contributed by atoms with Crippen LogP contribution < -0.4 is 10.6 Å². The molecule has 0 spiro atoms. The average Bonchev–Trinajstić information content (AvgIpc) is 2.74. The number of aliphatic carboxylic acids is 1. The highest BCUT2D eigenvalue weighted by atomic mass is 35.5. The molecule has 1 amide bonds. The van der Waals surface area contributed by atoms with Gasteiger partial charge < -0.3 is 15.7 Å². The number of carboxylic acid groups (broad SMARTS) is 1. The first kappa shape index (κ1) is 23.8. The van der Waals surface area contributed by atoms with Crippen LogP contribution in [0, 0.1) is 5.41 Å². The molecule has 1 aromatic heterocycles. The minimum absolute atomic E-state index is 0.0143. The molecule has 3 rings (SSSR count). The summed E-state index contributed by atoms with van der Waals surface area (Å²) in [5, 5.41) is 15.7. The average molecular weight is 476 g/mol. The number of ketones is 1. The van der Waals surface area contributed by atoms with Crippen LogP contribution in [0.5, 0.6) is 0 Å². The van der Waals surface area contributed by atoms with Gasteiger partial charge in [0, 0.05) is 36.3 Å². The maximum absolute atomic E-state index is 12.5. The molecule has 168 valence electrons. The summed E-state index contributed by atoms with van der Waals surface area (Å²) >= 11 is 12.0. The summed E-state index contributed by atoms with van der Waals surface area (Å²) in [6.07, 6.45) is 5.83. The fraction of sp³-hybridized carbons (Fsp3) is 0.304. The molecule has 1 aliphatic carbocycles. The molecular formula is C23H23Cl2N3O4. The Morgan fingerprint density at radius 3 is 2.31 bits per heavy atom. The van der Waals surface area contributed by atoms with Crippen molar-refractivity contribution in [2.45, 2.75) is 39.2 Å². The molecule has 0 bridgehead atoms. The minimum Gasteiger partial charge on any atom is -0.480 e. The number of nitrogens with zero attached hydrogens (tertiary/aromatic N) is 1. The van der Waals surface area contributed by atoms with Gasteiger partial charge in [0.2, 0.25) is 0 Å². The number of hydrogen-bond donors (Lipinski definition) is 3. The number of carbonyl (C=O) groups excluding carboxylic acids is 2. The highest BCUT2D eigenvalue weighted by Crippen LogP contribution is 2.40. The van der Waals surface area contributed by atoms with Gasteiger partial charge in [-0.25, -0.2) is 4.79 Å². The number of nitrogens with one attached hydrogen (secondary N) is 2. The zero-order chi connectivity index (χ0) is 23.5. The Balaban J connectivity index is 1.67. The van der Waals surface area contributed by atoms with Gasteiger partial charge in [-0.2, -0.15) is 0 Å². The van der Waals surface area contributed by atoms with Crippen LogP contribution in [0.4, 0.5) is 5.69 Å². The molecule has 0 saturated carbocycles. The SMILES string of the molecule is CCC[C@@]1(C)C(=O)C=C1N[C@@H](Cc1ccc(NC(=O)c2c(Cl)cncc2Cl)cc1)C(=O)O. The normalized spacial score (nSPS) is 18.4. The number of amides is 1.